The highest BCUT2D eigenvalue weighted by Crippen LogP contribution is 2.34. The van der Waals surface area contributed by atoms with E-state index in [1.54, 1.807) is 37.4 Å². The zero-order chi connectivity index (χ0) is 24.1. The van der Waals surface area contributed by atoms with Gasteiger partial charge >= 0.3 is 5.97 Å². The molecule has 8 nitrogen and oxygen atoms in total. The van der Waals surface area contributed by atoms with E-state index in [0.717, 1.165) is 4.47 Å². The van der Waals surface area contributed by atoms with Crippen molar-refractivity contribution >= 4 is 54.9 Å². The van der Waals surface area contributed by atoms with Crippen molar-refractivity contribution < 1.29 is 19.0 Å². The van der Waals surface area contributed by atoms with Gasteiger partial charge in [0.05, 0.1) is 30.8 Å². The van der Waals surface area contributed by atoms with E-state index in [2.05, 4.69) is 41.9 Å². The van der Waals surface area contributed by atoms with E-state index in [1.165, 1.54) is 11.8 Å². The predicted molar refractivity (Wildman–Crippen MR) is 133 cm³/mol. The summed E-state index contributed by atoms with van der Waals surface area (Å²) in [4.78, 5) is 29.4. The van der Waals surface area contributed by atoms with Crippen LogP contribution < -0.4 is 15.0 Å². The average Bonchev–Trinajstić information content (AvgIpc) is 2.80. The Morgan fingerprint density at radius 1 is 1.21 bits per heavy atom. The van der Waals surface area contributed by atoms with Crippen LogP contribution in [0.3, 0.4) is 0 Å². The maximum atomic E-state index is 13.1. The van der Waals surface area contributed by atoms with Crippen molar-refractivity contribution in [2.24, 2.45) is 5.10 Å². The third-order valence-electron chi connectivity index (χ3n) is 4.70. The maximum absolute atomic E-state index is 13.1. The SMILES string of the molecule is CCOc1cc(C=Nn2c(CC)nc3ccc(Br)cc3c2=O)c(Br)cc1O[C@H](C)C(=O)OC. The molecule has 0 fully saturated rings. The molecule has 0 spiro atoms. The molecule has 174 valence electrons. The summed E-state index contributed by atoms with van der Waals surface area (Å²) in [5.41, 5.74) is 1.01. The second kappa shape index (κ2) is 10.9. The number of benzene rings is 2. The number of carbonyl (C=O) groups excluding carboxylic acids is 1. The van der Waals surface area contributed by atoms with E-state index in [9.17, 15) is 9.59 Å². The lowest BCUT2D eigenvalue weighted by atomic mass is 10.2. The van der Waals surface area contributed by atoms with Gasteiger partial charge in [0.1, 0.15) is 5.82 Å². The Kier molecular flexibility index (Phi) is 8.25. The molecule has 3 aromatic rings. The van der Waals surface area contributed by atoms with Gasteiger partial charge in [-0.05, 0) is 60.1 Å². The van der Waals surface area contributed by atoms with Crippen molar-refractivity contribution in [3.63, 3.8) is 0 Å². The number of carbonyl (C=O) groups is 1. The van der Waals surface area contributed by atoms with Gasteiger partial charge in [0, 0.05) is 20.9 Å². The van der Waals surface area contributed by atoms with Crippen molar-refractivity contribution in [3.05, 3.63) is 61.0 Å². The van der Waals surface area contributed by atoms with Gasteiger partial charge in [0.15, 0.2) is 17.6 Å². The minimum atomic E-state index is -0.811. The second-order valence-corrected chi connectivity index (χ2v) is 8.71. The summed E-state index contributed by atoms with van der Waals surface area (Å²) in [5, 5.41) is 4.89. The van der Waals surface area contributed by atoms with Crippen LogP contribution in [0.1, 0.15) is 32.2 Å². The molecular weight excluding hydrogens is 558 g/mol. The zero-order valence-electron chi connectivity index (χ0n) is 18.6. The summed E-state index contributed by atoms with van der Waals surface area (Å²) in [7, 11) is 1.30. The first-order valence-electron chi connectivity index (χ1n) is 10.2. The number of esters is 1. The quantitative estimate of drug-likeness (QED) is 0.283. The fourth-order valence-electron chi connectivity index (χ4n) is 3.08. The molecule has 0 bridgehead atoms. The molecular formula is C23H23Br2N3O5. The van der Waals surface area contributed by atoms with E-state index in [0.29, 0.717) is 51.3 Å². The predicted octanol–water partition coefficient (Wildman–Crippen LogP) is 4.71. The van der Waals surface area contributed by atoms with E-state index in [-0.39, 0.29) is 5.56 Å². The van der Waals surface area contributed by atoms with E-state index in [1.807, 2.05) is 19.9 Å². The summed E-state index contributed by atoms with van der Waals surface area (Å²) >= 11 is 6.90. The molecule has 3 rings (SSSR count). The minimum absolute atomic E-state index is 0.262. The number of hydrogen-bond acceptors (Lipinski definition) is 7. The molecule has 33 heavy (non-hydrogen) atoms. The summed E-state index contributed by atoms with van der Waals surface area (Å²) in [6.45, 7) is 5.74. The first-order chi connectivity index (χ1) is 15.8. The summed E-state index contributed by atoms with van der Waals surface area (Å²) < 4.78 is 18.9. The van der Waals surface area contributed by atoms with Crippen LogP contribution in [0, 0.1) is 0 Å². The van der Waals surface area contributed by atoms with E-state index in [4.69, 9.17) is 14.2 Å². The summed E-state index contributed by atoms with van der Waals surface area (Å²) in [5.74, 6) is 0.851. The third-order valence-corrected chi connectivity index (χ3v) is 5.88. The van der Waals surface area contributed by atoms with Crippen LogP contribution in [0.2, 0.25) is 0 Å². The lowest BCUT2D eigenvalue weighted by Crippen LogP contribution is -2.25. The van der Waals surface area contributed by atoms with Crippen molar-refractivity contribution in [1.82, 2.24) is 9.66 Å². The van der Waals surface area contributed by atoms with Gasteiger partial charge in [-0.1, -0.05) is 22.9 Å². The molecule has 0 unspecified atom stereocenters. The molecule has 0 aliphatic heterocycles. The molecule has 0 aliphatic carbocycles. The van der Waals surface area contributed by atoms with Crippen LogP contribution >= 0.6 is 31.9 Å². The molecule has 1 aromatic heterocycles. The molecule has 0 radical (unpaired) electrons. The largest absolute Gasteiger partial charge is 0.490 e. The number of rotatable bonds is 8. The molecule has 0 N–H and O–H groups in total. The highest BCUT2D eigenvalue weighted by atomic mass is 79.9. The van der Waals surface area contributed by atoms with Crippen molar-refractivity contribution in [1.29, 1.82) is 0 Å². The van der Waals surface area contributed by atoms with Gasteiger partial charge in [0.2, 0.25) is 0 Å². The fraction of sp³-hybridized carbons (Fsp3) is 0.304. The average molecular weight is 581 g/mol. The number of hydrogen-bond donors (Lipinski definition) is 0. The number of fused-ring (bicyclic) bond motifs is 1. The van der Waals surface area contributed by atoms with Gasteiger partial charge in [-0.3, -0.25) is 4.79 Å². The van der Waals surface area contributed by atoms with Crippen LogP contribution in [-0.4, -0.2) is 41.7 Å². The number of ether oxygens (including phenoxy) is 3. The summed E-state index contributed by atoms with van der Waals surface area (Å²) in [6, 6.07) is 8.78. The van der Waals surface area contributed by atoms with E-state index >= 15 is 0 Å². The van der Waals surface area contributed by atoms with Gasteiger partial charge in [0.25, 0.3) is 5.56 Å². The molecule has 1 atom stereocenters. The van der Waals surface area contributed by atoms with Crippen LogP contribution in [0.25, 0.3) is 10.9 Å². The Hall–Kier alpha value is -2.72. The van der Waals surface area contributed by atoms with Gasteiger partial charge in [-0.25, -0.2) is 9.78 Å². The zero-order valence-corrected chi connectivity index (χ0v) is 21.8. The van der Waals surface area contributed by atoms with Gasteiger partial charge in [-0.2, -0.15) is 9.78 Å². The number of aryl methyl sites for hydroxylation is 1. The van der Waals surface area contributed by atoms with Crippen LogP contribution in [0.4, 0.5) is 0 Å². The highest BCUT2D eigenvalue weighted by molar-refractivity contribution is 9.10. The topological polar surface area (TPSA) is 92.0 Å². The van der Waals surface area contributed by atoms with E-state index < -0.39 is 12.1 Å². The Morgan fingerprint density at radius 3 is 2.64 bits per heavy atom. The van der Waals surface area contributed by atoms with Gasteiger partial charge in [-0.15, -0.1) is 0 Å². The van der Waals surface area contributed by atoms with Crippen molar-refractivity contribution in [2.75, 3.05) is 13.7 Å². The Morgan fingerprint density at radius 2 is 1.97 bits per heavy atom. The van der Waals surface area contributed by atoms with Crippen molar-refractivity contribution in [3.8, 4) is 11.5 Å². The smallest absolute Gasteiger partial charge is 0.346 e. The van der Waals surface area contributed by atoms with Crippen molar-refractivity contribution in [2.45, 2.75) is 33.3 Å². The van der Waals surface area contributed by atoms with Gasteiger partial charge < -0.3 is 14.2 Å². The first kappa shape index (κ1) is 24.9. The molecule has 10 heteroatoms. The number of halogens is 2. The molecule has 0 saturated carbocycles. The Balaban J connectivity index is 2.04. The second-order valence-electron chi connectivity index (χ2n) is 6.94. The van der Waals surface area contributed by atoms with Crippen LogP contribution in [-0.2, 0) is 16.0 Å². The maximum Gasteiger partial charge on any atom is 0.346 e. The monoisotopic (exact) mass is 579 g/mol. The lowest BCUT2D eigenvalue weighted by Gasteiger charge is -2.17. The normalized spacial score (nSPS) is 12.2. The molecule has 0 saturated heterocycles. The number of methoxy groups -OCH3 is 1. The molecule has 2 aromatic carbocycles. The minimum Gasteiger partial charge on any atom is -0.490 e. The molecule has 1 heterocycles. The molecule has 0 amide bonds. The third kappa shape index (κ3) is 5.62. The van der Waals surface area contributed by atoms with Crippen LogP contribution in [0.5, 0.6) is 11.5 Å². The molecule has 0 aliphatic rings. The van der Waals surface area contributed by atoms with Crippen LogP contribution in [0.15, 0.2) is 49.2 Å². The Bertz CT molecular complexity index is 1270. The lowest BCUT2D eigenvalue weighted by molar-refractivity contribution is -0.147. The first-order valence-corrected chi connectivity index (χ1v) is 11.8. The number of aromatic nitrogens is 2. The fourth-order valence-corrected chi connectivity index (χ4v) is 3.86. The highest BCUT2D eigenvalue weighted by Gasteiger charge is 2.19. The number of nitrogens with zero attached hydrogens (tertiary/aromatic N) is 3. The Labute approximate surface area is 207 Å². The standard InChI is InChI=1S/C23H23Br2N3O5/c1-5-21-27-18-8-7-15(24)10-16(18)22(29)28(21)26-12-14-9-19(32-6-2)20(11-17(14)25)33-13(3)23(30)31-4/h7-13H,5-6H2,1-4H3/t13-/m1/s1. The summed E-state index contributed by atoms with van der Waals surface area (Å²) in [6.07, 6.45) is 1.27.